The highest BCUT2D eigenvalue weighted by Crippen LogP contribution is 2.54. The van der Waals surface area contributed by atoms with E-state index >= 15 is 0 Å². The molecule has 0 amide bonds. The van der Waals surface area contributed by atoms with Gasteiger partial charge in [0.2, 0.25) is 0 Å². The van der Waals surface area contributed by atoms with Crippen LogP contribution in [0.3, 0.4) is 0 Å². The smallest absolute Gasteiger partial charge is 0.141 e. The van der Waals surface area contributed by atoms with E-state index in [1.165, 1.54) is 33.0 Å². The number of ether oxygens (including phenoxy) is 8. The zero-order valence-corrected chi connectivity index (χ0v) is 46.8. The molecule has 0 atom stereocenters. The third kappa shape index (κ3) is 8.89. The molecule has 2 heterocycles. The topological polar surface area (TPSA) is 114 Å². The second-order valence-electron chi connectivity index (χ2n) is 21.1. The molecule has 0 radical (unpaired) electrons. The van der Waals surface area contributed by atoms with Crippen LogP contribution < -0.4 is 37.9 Å². The first-order valence-corrected chi connectivity index (χ1v) is 26.9. The van der Waals surface area contributed by atoms with Crippen molar-refractivity contribution in [3.8, 4) is 68.2 Å². The highest BCUT2D eigenvalue weighted by Gasteiger charge is 2.47. The molecule has 2 N–H and O–H groups in total. The van der Waals surface area contributed by atoms with Gasteiger partial charge in [-0.25, -0.2) is 0 Å². The molecule has 2 aliphatic heterocycles. The number of hydrogen-bond donors (Lipinski definition) is 2. The molecule has 0 bridgehead atoms. The zero-order valence-electron chi connectivity index (χ0n) is 46.8. The Labute approximate surface area is 472 Å². The number of fused-ring (bicyclic) bond motifs is 10. The lowest BCUT2D eigenvalue weighted by Crippen LogP contribution is -2.45. The van der Waals surface area contributed by atoms with Gasteiger partial charge in [0.25, 0.3) is 0 Å². The first kappa shape index (κ1) is 52.7. The maximum atomic E-state index is 14.6. The van der Waals surface area contributed by atoms with Crippen LogP contribution in [0.25, 0.3) is 43.8 Å². The number of aliphatic hydroxyl groups is 2. The maximum absolute atomic E-state index is 14.6. The zero-order chi connectivity index (χ0) is 56.2. The number of rotatable bonds is 14. The average molecular weight is 1080 g/mol. The largest absolute Gasteiger partial charge is 0.497 e. The van der Waals surface area contributed by atoms with Gasteiger partial charge in [0.05, 0.1) is 56.9 Å². The molecular formula is C70H64NO10+. The molecule has 10 aromatic carbocycles. The van der Waals surface area contributed by atoms with Crippen LogP contribution in [0, 0.1) is 0 Å². The van der Waals surface area contributed by atoms with Crippen LogP contribution in [-0.2, 0) is 37.4 Å². The van der Waals surface area contributed by atoms with E-state index in [1.807, 2.05) is 72.8 Å². The minimum absolute atomic E-state index is 0.432. The Morgan fingerprint density at radius 1 is 0.321 bits per heavy atom. The fourth-order valence-electron chi connectivity index (χ4n) is 12.9. The number of nitrogens with zero attached hydrogens (tertiary/aromatic N) is 1. The predicted molar refractivity (Wildman–Crippen MR) is 316 cm³/mol. The van der Waals surface area contributed by atoms with Crippen molar-refractivity contribution in [2.75, 3.05) is 56.9 Å². The fourth-order valence-corrected chi connectivity index (χ4v) is 12.9. The lowest BCUT2D eigenvalue weighted by Gasteiger charge is -2.41. The molecule has 12 rings (SSSR count). The Morgan fingerprint density at radius 3 is 0.914 bits per heavy atom. The second kappa shape index (κ2) is 20.9. The Bertz CT molecular complexity index is 3610. The van der Waals surface area contributed by atoms with Crippen molar-refractivity contribution in [1.29, 1.82) is 0 Å². The van der Waals surface area contributed by atoms with Crippen LogP contribution in [0.15, 0.2) is 182 Å². The van der Waals surface area contributed by atoms with Gasteiger partial charge in [-0.3, -0.25) is 0 Å². The molecule has 0 fully saturated rings. The molecule has 0 aliphatic carbocycles. The van der Waals surface area contributed by atoms with E-state index in [0.717, 1.165) is 33.0 Å². The van der Waals surface area contributed by atoms with Crippen LogP contribution in [0.5, 0.6) is 46.0 Å². The third-order valence-corrected chi connectivity index (χ3v) is 16.8. The van der Waals surface area contributed by atoms with Gasteiger partial charge in [-0.15, -0.1) is 0 Å². The minimum Gasteiger partial charge on any atom is -0.497 e. The highest BCUT2D eigenvalue weighted by molar-refractivity contribution is 6.08. The lowest BCUT2D eigenvalue weighted by atomic mass is 9.75. The molecule has 81 heavy (non-hydrogen) atoms. The summed E-state index contributed by atoms with van der Waals surface area (Å²) < 4.78 is 48.0. The standard InChI is InChI=1S/C70H64NO10/c1-74-51-27-47(28-52(35-51)75-2)69(72,48-29-53(76-3)36-54(30-48)77-4)65-21-13-19-61-62-20-14-22-66(70(73,49-31-55(78-5)37-56(32-49)79-6)50-33-57(80-7)38-58(34-50)81-8)64(62)42-71(41-63(61)65)39-45-25-23-43-15-9-11-17-59(43)67(45)68-46(40-71)26-24-44-16-10-12-18-60(44)68/h9-38,72-73H,39-42H2,1-8H3/q+1. The van der Waals surface area contributed by atoms with Crippen molar-refractivity contribution in [2.24, 2.45) is 0 Å². The van der Waals surface area contributed by atoms with Crippen LogP contribution >= 0.6 is 0 Å². The first-order chi connectivity index (χ1) is 39.4. The minimum atomic E-state index is -1.90. The second-order valence-corrected chi connectivity index (χ2v) is 21.1. The molecule has 0 aromatic heterocycles. The van der Waals surface area contributed by atoms with Crippen molar-refractivity contribution < 1.29 is 52.6 Å². The van der Waals surface area contributed by atoms with Gasteiger partial charge in [0.15, 0.2) is 0 Å². The molecule has 0 unspecified atom stereocenters. The molecule has 0 saturated heterocycles. The van der Waals surface area contributed by atoms with E-state index in [-0.39, 0.29) is 0 Å². The number of benzene rings is 10. The summed E-state index contributed by atoms with van der Waals surface area (Å²) in [6, 6.07) is 60.9. The Hall–Kier alpha value is -9.00. The third-order valence-electron chi connectivity index (χ3n) is 16.8. The van der Waals surface area contributed by atoms with Crippen molar-refractivity contribution in [1.82, 2.24) is 0 Å². The molecule has 11 heteroatoms. The summed E-state index contributed by atoms with van der Waals surface area (Å²) in [7, 11) is 12.8. The van der Waals surface area contributed by atoms with E-state index in [0.29, 0.717) is 110 Å². The molecule has 2 aliphatic rings. The molecule has 1 spiro atoms. The number of quaternary nitrogens is 1. The van der Waals surface area contributed by atoms with E-state index in [9.17, 15) is 10.2 Å². The van der Waals surface area contributed by atoms with Crippen molar-refractivity contribution in [3.05, 3.63) is 238 Å². The van der Waals surface area contributed by atoms with E-state index in [1.54, 1.807) is 81.1 Å². The summed E-state index contributed by atoms with van der Waals surface area (Å²) in [6.45, 7) is 2.01. The molecule has 11 nitrogen and oxygen atoms in total. The number of methoxy groups -OCH3 is 8. The quantitative estimate of drug-likeness (QED) is 0.0806. The Balaban J connectivity index is 1.23. The summed E-state index contributed by atoms with van der Waals surface area (Å²) in [5.74, 6) is 4.01. The van der Waals surface area contributed by atoms with Crippen LogP contribution in [0.1, 0.15) is 55.6 Å². The average Bonchev–Trinajstić information content (AvgIpc) is 3.73. The lowest BCUT2D eigenvalue weighted by molar-refractivity contribution is -0.978. The summed E-state index contributed by atoms with van der Waals surface area (Å²) in [6.07, 6.45) is 0. The van der Waals surface area contributed by atoms with E-state index in [4.69, 9.17) is 37.9 Å². The van der Waals surface area contributed by atoms with Gasteiger partial charge < -0.3 is 52.6 Å². The SMILES string of the molecule is COc1cc(OC)cc(C(O)(c2cc(OC)cc(OC)c2)c2cccc3c2C[N+]2(Cc4ccc5ccccc5c4-c4c(ccc5ccccc45)C2)Cc2c-3cccc2C(O)(c2cc(OC)cc(OC)c2)c2cc(OC)cc(OC)c2)c1. The van der Waals surface area contributed by atoms with E-state index in [2.05, 4.69) is 84.9 Å². The number of hydrogen-bond acceptors (Lipinski definition) is 10. The van der Waals surface area contributed by atoms with Gasteiger partial charge in [-0.2, -0.15) is 0 Å². The van der Waals surface area contributed by atoms with Gasteiger partial charge >= 0.3 is 0 Å². The van der Waals surface area contributed by atoms with Crippen LogP contribution in [-0.4, -0.2) is 71.6 Å². The van der Waals surface area contributed by atoms with E-state index < -0.39 is 11.2 Å². The summed E-state index contributed by atoms with van der Waals surface area (Å²) in [4.78, 5) is 0. The van der Waals surface area contributed by atoms with Gasteiger partial charge in [-0.05, 0) is 115 Å². The normalized spacial score (nSPS) is 13.5. The monoisotopic (exact) mass is 1080 g/mol. The van der Waals surface area contributed by atoms with Crippen LogP contribution in [0.2, 0.25) is 0 Å². The molecular weight excluding hydrogens is 1010 g/mol. The highest BCUT2D eigenvalue weighted by atomic mass is 16.5. The van der Waals surface area contributed by atoms with Crippen molar-refractivity contribution >= 4 is 21.5 Å². The molecule has 10 aromatic rings. The van der Waals surface area contributed by atoms with Gasteiger partial charge in [0.1, 0.15) is 83.4 Å². The Morgan fingerprint density at radius 2 is 0.617 bits per heavy atom. The van der Waals surface area contributed by atoms with Gasteiger partial charge in [-0.1, -0.05) is 109 Å². The Kier molecular flexibility index (Phi) is 13.6. The summed E-state index contributed by atoms with van der Waals surface area (Å²) >= 11 is 0. The molecule has 0 saturated carbocycles. The summed E-state index contributed by atoms with van der Waals surface area (Å²) in [5.41, 5.74) is 7.83. The van der Waals surface area contributed by atoms with Gasteiger partial charge in [0, 0.05) is 57.6 Å². The van der Waals surface area contributed by atoms with Crippen molar-refractivity contribution in [3.63, 3.8) is 0 Å². The van der Waals surface area contributed by atoms with Crippen molar-refractivity contribution in [2.45, 2.75) is 37.4 Å². The maximum Gasteiger partial charge on any atom is 0.141 e. The first-order valence-electron chi connectivity index (χ1n) is 26.9. The predicted octanol–water partition coefficient (Wildman–Crippen LogP) is 13.5. The summed E-state index contributed by atoms with van der Waals surface area (Å²) in [5, 5.41) is 33.8. The van der Waals surface area contributed by atoms with Crippen LogP contribution in [0.4, 0.5) is 0 Å². The fraction of sp³-hybridized carbons (Fsp3) is 0.200. The molecule has 408 valence electrons.